The lowest BCUT2D eigenvalue weighted by atomic mass is 9.82. The second kappa shape index (κ2) is 5.31. The standard InChI is InChI=1S/C13H26N2/c1-2-13(11-6-4-3-5-7-11)15-9-8-12(14)10-15/h11-13H,2-10,14H2,1H3. The van der Waals surface area contributed by atoms with Gasteiger partial charge in [-0.15, -0.1) is 0 Å². The summed E-state index contributed by atoms with van der Waals surface area (Å²) in [5.41, 5.74) is 6.01. The van der Waals surface area contributed by atoms with Crippen molar-refractivity contribution in [1.29, 1.82) is 0 Å². The summed E-state index contributed by atoms with van der Waals surface area (Å²) in [6.45, 7) is 4.74. The van der Waals surface area contributed by atoms with Crippen molar-refractivity contribution in [3.8, 4) is 0 Å². The molecule has 2 unspecified atom stereocenters. The zero-order valence-corrected chi connectivity index (χ0v) is 10.1. The molecule has 1 saturated heterocycles. The van der Waals surface area contributed by atoms with Gasteiger partial charge in [0.1, 0.15) is 0 Å². The average molecular weight is 210 g/mol. The molecule has 0 radical (unpaired) electrons. The van der Waals surface area contributed by atoms with Gasteiger partial charge < -0.3 is 5.73 Å². The molecule has 1 saturated carbocycles. The molecule has 2 atom stereocenters. The maximum Gasteiger partial charge on any atom is 0.0180 e. The predicted molar refractivity (Wildman–Crippen MR) is 64.8 cm³/mol. The molecular weight excluding hydrogens is 184 g/mol. The summed E-state index contributed by atoms with van der Waals surface area (Å²) in [6, 6.07) is 1.28. The van der Waals surface area contributed by atoms with Crippen molar-refractivity contribution in [1.82, 2.24) is 4.90 Å². The second-order valence-electron chi connectivity index (χ2n) is 5.42. The van der Waals surface area contributed by atoms with Crippen molar-refractivity contribution in [3.05, 3.63) is 0 Å². The topological polar surface area (TPSA) is 29.3 Å². The summed E-state index contributed by atoms with van der Waals surface area (Å²) in [6.07, 6.45) is 9.84. The summed E-state index contributed by atoms with van der Waals surface area (Å²) >= 11 is 0. The van der Waals surface area contributed by atoms with Gasteiger partial charge >= 0.3 is 0 Å². The lowest BCUT2D eigenvalue weighted by molar-refractivity contribution is 0.137. The van der Waals surface area contributed by atoms with Crippen LogP contribution in [0.15, 0.2) is 0 Å². The smallest absolute Gasteiger partial charge is 0.0180 e. The van der Waals surface area contributed by atoms with Crippen LogP contribution in [0.25, 0.3) is 0 Å². The monoisotopic (exact) mass is 210 g/mol. The Labute approximate surface area is 94.2 Å². The Hall–Kier alpha value is -0.0800. The third-order valence-corrected chi connectivity index (χ3v) is 4.34. The number of nitrogens with two attached hydrogens (primary N) is 1. The lowest BCUT2D eigenvalue weighted by Gasteiger charge is -2.36. The molecule has 1 heterocycles. The lowest BCUT2D eigenvalue weighted by Crippen LogP contribution is -2.40. The van der Waals surface area contributed by atoms with Gasteiger partial charge in [0.2, 0.25) is 0 Å². The van der Waals surface area contributed by atoms with Gasteiger partial charge in [-0.05, 0) is 31.6 Å². The van der Waals surface area contributed by atoms with E-state index in [1.54, 1.807) is 0 Å². The van der Waals surface area contributed by atoms with Crippen LogP contribution in [0.2, 0.25) is 0 Å². The normalized spacial score (nSPS) is 32.0. The largest absolute Gasteiger partial charge is 0.326 e. The van der Waals surface area contributed by atoms with Gasteiger partial charge in [-0.1, -0.05) is 26.2 Å². The molecule has 2 rings (SSSR count). The van der Waals surface area contributed by atoms with Crippen LogP contribution >= 0.6 is 0 Å². The van der Waals surface area contributed by atoms with Crippen molar-refractivity contribution in [3.63, 3.8) is 0 Å². The maximum absolute atomic E-state index is 6.01. The Morgan fingerprint density at radius 1 is 1.20 bits per heavy atom. The molecule has 0 aromatic rings. The highest BCUT2D eigenvalue weighted by atomic mass is 15.2. The highest BCUT2D eigenvalue weighted by Crippen LogP contribution is 2.31. The van der Waals surface area contributed by atoms with Crippen molar-refractivity contribution < 1.29 is 0 Å². The van der Waals surface area contributed by atoms with Crippen LogP contribution in [0.3, 0.4) is 0 Å². The molecule has 88 valence electrons. The quantitative estimate of drug-likeness (QED) is 0.775. The van der Waals surface area contributed by atoms with Gasteiger partial charge in [0.25, 0.3) is 0 Å². The van der Waals surface area contributed by atoms with Crippen molar-refractivity contribution in [2.75, 3.05) is 13.1 Å². The second-order valence-corrected chi connectivity index (χ2v) is 5.42. The first kappa shape index (κ1) is 11.4. The molecule has 2 aliphatic rings. The van der Waals surface area contributed by atoms with E-state index in [-0.39, 0.29) is 0 Å². The number of hydrogen-bond acceptors (Lipinski definition) is 2. The van der Waals surface area contributed by atoms with Crippen LogP contribution in [-0.2, 0) is 0 Å². The van der Waals surface area contributed by atoms with Crippen molar-refractivity contribution in [2.45, 2.75) is 64.0 Å². The van der Waals surface area contributed by atoms with Gasteiger partial charge in [0.05, 0.1) is 0 Å². The molecule has 2 nitrogen and oxygen atoms in total. The zero-order valence-electron chi connectivity index (χ0n) is 10.1. The number of likely N-dealkylation sites (tertiary alicyclic amines) is 1. The molecule has 0 spiro atoms. The minimum atomic E-state index is 0.447. The Balaban J connectivity index is 1.90. The molecule has 0 bridgehead atoms. The Kier molecular flexibility index (Phi) is 4.04. The molecule has 2 N–H and O–H groups in total. The number of hydrogen-bond donors (Lipinski definition) is 1. The van der Waals surface area contributed by atoms with Crippen LogP contribution in [0, 0.1) is 5.92 Å². The SMILES string of the molecule is CCC(C1CCCCC1)N1CCC(N)C1. The maximum atomic E-state index is 6.01. The molecule has 0 amide bonds. The highest BCUT2D eigenvalue weighted by molar-refractivity contribution is 4.87. The fourth-order valence-electron chi connectivity index (χ4n) is 3.53. The minimum absolute atomic E-state index is 0.447. The fraction of sp³-hybridized carbons (Fsp3) is 1.00. The Bertz CT molecular complexity index is 182. The first-order valence-corrected chi connectivity index (χ1v) is 6.81. The number of rotatable bonds is 3. The predicted octanol–water partition coefficient (Wildman–Crippen LogP) is 2.38. The Morgan fingerprint density at radius 3 is 2.47 bits per heavy atom. The highest BCUT2D eigenvalue weighted by Gasteiger charge is 2.31. The van der Waals surface area contributed by atoms with E-state index >= 15 is 0 Å². The van der Waals surface area contributed by atoms with E-state index in [9.17, 15) is 0 Å². The molecule has 2 fully saturated rings. The van der Waals surface area contributed by atoms with E-state index in [1.165, 1.54) is 51.5 Å². The molecule has 2 heteroatoms. The molecule has 0 aromatic carbocycles. The van der Waals surface area contributed by atoms with Crippen LogP contribution in [0.5, 0.6) is 0 Å². The molecule has 0 aromatic heterocycles. The molecular formula is C13H26N2. The van der Waals surface area contributed by atoms with Crippen LogP contribution in [0.1, 0.15) is 51.9 Å². The fourth-order valence-corrected chi connectivity index (χ4v) is 3.53. The van der Waals surface area contributed by atoms with E-state index in [4.69, 9.17) is 5.73 Å². The zero-order chi connectivity index (χ0) is 10.7. The van der Waals surface area contributed by atoms with Gasteiger partial charge in [-0.2, -0.15) is 0 Å². The Morgan fingerprint density at radius 2 is 1.93 bits per heavy atom. The summed E-state index contributed by atoms with van der Waals surface area (Å²) in [7, 11) is 0. The van der Waals surface area contributed by atoms with Crippen LogP contribution in [0.4, 0.5) is 0 Å². The summed E-state index contributed by atoms with van der Waals surface area (Å²) in [5.74, 6) is 0.967. The number of nitrogens with zero attached hydrogens (tertiary/aromatic N) is 1. The third-order valence-electron chi connectivity index (χ3n) is 4.34. The van der Waals surface area contributed by atoms with E-state index < -0.39 is 0 Å². The van der Waals surface area contributed by atoms with E-state index in [0.717, 1.165) is 18.5 Å². The average Bonchev–Trinajstić information content (AvgIpc) is 2.68. The molecule has 1 aliphatic heterocycles. The van der Waals surface area contributed by atoms with Crippen LogP contribution in [-0.4, -0.2) is 30.1 Å². The van der Waals surface area contributed by atoms with E-state index in [0.29, 0.717) is 6.04 Å². The molecule has 15 heavy (non-hydrogen) atoms. The summed E-state index contributed by atoms with van der Waals surface area (Å²) in [4.78, 5) is 2.67. The first-order chi connectivity index (χ1) is 7.31. The van der Waals surface area contributed by atoms with Gasteiger partial charge in [0.15, 0.2) is 0 Å². The minimum Gasteiger partial charge on any atom is -0.326 e. The van der Waals surface area contributed by atoms with Gasteiger partial charge in [-0.3, -0.25) is 4.90 Å². The van der Waals surface area contributed by atoms with Crippen LogP contribution < -0.4 is 5.73 Å². The van der Waals surface area contributed by atoms with Crippen molar-refractivity contribution in [2.24, 2.45) is 11.7 Å². The third kappa shape index (κ3) is 2.73. The summed E-state index contributed by atoms with van der Waals surface area (Å²) in [5, 5.41) is 0. The first-order valence-electron chi connectivity index (χ1n) is 6.81. The van der Waals surface area contributed by atoms with Crippen molar-refractivity contribution >= 4 is 0 Å². The van der Waals surface area contributed by atoms with Gasteiger partial charge in [-0.25, -0.2) is 0 Å². The van der Waals surface area contributed by atoms with Gasteiger partial charge in [0, 0.05) is 25.2 Å². The van der Waals surface area contributed by atoms with E-state index in [1.807, 2.05) is 0 Å². The summed E-state index contributed by atoms with van der Waals surface area (Å²) < 4.78 is 0. The van der Waals surface area contributed by atoms with E-state index in [2.05, 4.69) is 11.8 Å². The molecule has 1 aliphatic carbocycles.